The Morgan fingerprint density at radius 1 is 1.07 bits per heavy atom. The highest BCUT2D eigenvalue weighted by molar-refractivity contribution is 7.92. The summed E-state index contributed by atoms with van der Waals surface area (Å²) in [5.74, 6) is 0.409. The molecule has 27 heavy (non-hydrogen) atoms. The van der Waals surface area contributed by atoms with E-state index in [4.69, 9.17) is 4.74 Å². The summed E-state index contributed by atoms with van der Waals surface area (Å²) in [5, 5.41) is 2.77. The van der Waals surface area contributed by atoms with Crippen LogP contribution in [0.3, 0.4) is 0 Å². The van der Waals surface area contributed by atoms with Gasteiger partial charge in [-0.3, -0.25) is 9.10 Å². The number of carbonyl (C=O) groups is 1. The molecule has 0 atom stereocenters. The molecule has 0 spiro atoms. The van der Waals surface area contributed by atoms with Crippen LogP contribution in [-0.2, 0) is 27.8 Å². The second kappa shape index (κ2) is 9.41. The fourth-order valence-corrected chi connectivity index (χ4v) is 3.58. The molecule has 0 saturated carbocycles. The molecule has 7 heteroatoms. The first-order chi connectivity index (χ1) is 12.8. The summed E-state index contributed by atoms with van der Waals surface area (Å²) in [5.41, 5.74) is 2.33. The quantitative estimate of drug-likeness (QED) is 0.714. The van der Waals surface area contributed by atoms with Crippen LogP contribution < -0.4 is 14.4 Å². The maximum Gasteiger partial charge on any atom is 0.241 e. The molecular formula is C20H26N2O4S. The van der Waals surface area contributed by atoms with E-state index >= 15 is 0 Å². The van der Waals surface area contributed by atoms with Crippen LogP contribution in [0, 0.1) is 0 Å². The summed E-state index contributed by atoms with van der Waals surface area (Å²) in [4.78, 5) is 12.4. The van der Waals surface area contributed by atoms with Gasteiger partial charge in [0.15, 0.2) is 0 Å². The second-order valence-electron chi connectivity index (χ2n) is 6.11. The topological polar surface area (TPSA) is 75.7 Å². The van der Waals surface area contributed by atoms with Gasteiger partial charge < -0.3 is 10.1 Å². The molecular weight excluding hydrogens is 364 g/mol. The van der Waals surface area contributed by atoms with Gasteiger partial charge in [0, 0.05) is 6.54 Å². The van der Waals surface area contributed by atoms with Gasteiger partial charge in [0.2, 0.25) is 15.9 Å². The van der Waals surface area contributed by atoms with Crippen molar-refractivity contribution < 1.29 is 17.9 Å². The third kappa shape index (κ3) is 5.99. The zero-order valence-electron chi connectivity index (χ0n) is 15.9. The minimum Gasteiger partial charge on any atom is -0.494 e. The molecule has 6 nitrogen and oxygen atoms in total. The number of aryl methyl sites for hydroxylation is 1. The van der Waals surface area contributed by atoms with E-state index in [1.54, 1.807) is 12.1 Å². The number of hydrogen-bond donors (Lipinski definition) is 1. The van der Waals surface area contributed by atoms with Crippen molar-refractivity contribution in [2.75, 3.05) is 23.7 Å². The fourth-order valence-electron chi connectivity index (χ4n) is 2.69. The Labute approximate surface area is 161 Å². The van der Waals surface area contributed by atoms with Crippen LogP contribution in [-0.4, -0.2) is 33.7 Å². The van der Waals surface area contributed by atoms with Crippen molar-refractivity contribution >= 4 is 21.6 Å². The SMILES string of the molecule is CCOc1ccc(CNC(=O)CN(c2ccccc2CC)S(C)(=O)=O)cc1. The predicted molar refractivity (Wildman–Crippen MR) is 107 cm³/mol. The molecule has 0 heterocycles. The van der Waals surface area contributed by atoms with E-state index in [0.717, 1.165) is 27.4 Å². The van der Waals surface area contributed by atoms with Gasteiger partial charge >= 0.3 is 0 Å². The molecule has 0 bridgehead atoms. The van der Waals surface area contributed by atoms with E-state index in [9.17, 15) is 13.2 Å². The number of ether oxygens (including phenoxy) is 1. The van der Waals surface area contributed by atoms with Crippen LogP contribution in [0.5, 0.6) is 5.75 Å². The minimum atomic E-state index is -3.58. The first-order valence-corrected chi connectivity index (χ1v) is 10.7. The Bertz CT molecular complexity index is 864. The highest BCUT2D eigenvalue weighted by Crippen LogP contribution is 2.23. The number of rotatable bonds is 9. The lowest BCUT2D eigenvalue weighted by molar-refractivity contribution is -0.119. The summed E-state index contributed by atoms with van der Waals surface area (Å²) in [7, 11) is -3.58. The van der Waals surface area contributed by atoms with Crippen LogP contribution >= 0.6 is 0 Å². The van der Waals surface area contributed by atoms with Crippen LogP contribution in [0.1, 0.15) is 25.0 Å². The number of nitrogens with zero attached hydrogens (tertiary/aromatic N) is 1. The standard InChI is InChI=1S/C20H26N2O4S/c1-4-17-8-6-7-9-19(17)22(27(3,24)25)15-20(23)21-14-16-10-12-18(13-11-16)26-5-2/h6-13H,4-5,14-15H2,1-3H3,(H,21,23). The van der Waals surface area contributed by atoms with E-state index in [1.165, 1.54) is 0 Å². The third-order valence-electron chi connectivity index (χ3n) is 4.05. The minimum absolute atomic E-state index is 0.257. The van der Waals surface area contributed by atoms with Gasteiger partial charge in [-0.2, -0.15) is 0 Å². The van der Waals surface area contributed by atoms with Crippen molar-refractivity contribution in [2.45, 2.75) is 26.8 Å². The monoisotopic (exact) mass is 390 g/mol. The lowest BCUT2D eigenvalue weighted by Gasteiger charge is -2.24. The Kier molecular flexibility index (Phi) is 7.24. The Balaban J connectivity index is 2.06. The number of hydrogen-bond acceptors (Lipinski definition) is 4. The summed E-state index contributed by atoms with van der Waals surface area (Å²) in [6.07, 6.45) is 1.79. The molecule has 0 saturated heterocycles. The first-order valence-electron chi connectivity index (χ1n) is 8.89. The summed E-state index contributed by atoms with van der Waals surface area (Å²) in [6, 6.07) is 14.6. The zero-order chi connectivity index (χ0) is 19.9. The molecule has 0 aromatic heterocycles. The van der Waals surface area contributed by atoms with Gasteiger partial charge in [-0.25, -0.2) is 8.42 Å². The number of sulfonamides is 1. The molecule has 0 radical (unpaired) electrons. The highest BCUT2D eigenvalue weighted by Gasteiger charge is 2.22. The maximum absolute atomic E-state index is 12.4. The number of para-hydroxylation sites is 1. The van der Waals surface area contributed by atoms with E-state index in [0.29, 0.717) is 25.3 Å². The van der Waals surface area contributed by atoms with Crippen molar-refractivity contribution in [3.05, 3.63) is 59.7 Å². The van der Waals surface area contributed by atoms with Gasteiger partial charge in [-0.05, 0) is 42.7 Å². The van der Waals surface area contributed by atoms with Gasteiger partial charge in [0.25, 0.3) is 0 Å². The number of nitrogens with one attached hydrogen (secondary N) is 1. The average Bonchev–Trinajstić information content (AvgIpc) is 2.65. The third-order valence-corrected chi connectivity index (χ3v) is 5.18. The van der Waals surface area contributed by atoms with E-state index < -0.39 is 10.0 Å². The molecule has 0 fully saturated rings. The zero-order valence-corrected chi connectivity index (χ0v) is 16.8. The van der Waals surface area contributed by atoms with E-state index in [-0.39, 0.29) is 12.5 Å². The number of anilines is 1. The molecule has 2 aromatic rings. The molecule has 146 valence electrons. The maximum atomic E-state index is 12.4. The van der Waals surface area contributed by atoms with Crippen LogP contribution in [0.4, 0.5) is 5.69 Å². The van der Waals surface area contributed by atoms with Crippen molar-refractivity contribution in [1.29, 1.82) is 0 Å². The van der Waals surface area contributed by atoms with Gasteiger partial charge in [0.1, 0.15) is 12.3 Å². The molecule has 2 aromatic carbocycles. The Morgan fingerprint density at radius 3 is 2.33 bits per heavy atom. The number of carbonyl (C=O) groups excluding carboxylic acids is 1. The molecule has 0 aliphatic heterocycles. The van der Waals surface area contributed by atoms with Gasteiger partial charge in [0.05, 0.1) is 18.6 Å². The number of benzene rings is 2. The molecule has 1 N–H and O–H groups in total. The Morgan fingerprint density at radius 2 is 1.74 bits per heavy atom. The largest absolute Gasteiger partial charge is 0.494 e. The Hall–Kier alpha value is -2.54. The van der Waals surface area contributed by atoms with Crippen LogP contribution in [0.15, 0.2) is 48.5 Å². The first kappa shape index (κ1) is 20.8. The van der Waals surface area contributed by atoms with E-state index in [2.05, 4.69) is 5.32 Å². The fraction of sp³-hybridized carbons (Fsp3) is 0.350. The van der Waals surface area contributed by atoms with Crippen molar-refractivity contribution in [2.24, 2.45) is 0 Å². The lowest BCUT2D eigenvalue weighted by atomic mass is 10.1. The van der Waals surface area contributed by atoms with Gasteiger partial charge in [-0.1, -0.05) is 37.3 Å². The predicted octanol–water partition coefficient (Wildman–Crippen LogP) is 2.73. The van der Waals surface area contributed by atoms with Gasteiger partial charge in [-0.15, -0.1) is 0 Å². The summed E-state index contributed by atoms with van der Waals surface area (Å²) in [6.45, 7) is 4.52. The smallest absolute Gasteiger partial charge is 0.241 e. The lowest BCUT2D eigenvalue weighted by Crippen LogP contribution is -2.40. The second-order valence-corrected chi connectivity index (χ2v) is 8.01. The highest BCUT2D eigenvalue weighted by atomic mass is 32.2. The molecule has 0 aliphatic rings. The van der Waals surface area contributed by atoms with Crippen molar-refractivity contribution in [3.63, 3.8) is 0 Å². The van der Waals surface area contributed by atoms with Crippen molar-refractivity contribution in [3.8, 4) is 5.75 Å². The summed E-state index contributed by atoms with van der Waals surface area (Å²) >= 11 is 0. The number of amides is 1. The molecule has 2 rings (SSSR count). The van der Waals surface area contributed by atoms with Crippen LogP contribution in [0.25, 0.3) is 0 Å². The summed E-state index contributed by atoms with van der Waals surface area (Å²) < 4.78 is 31.0. The molecule has 0 aliphatic carbocycles. The molecule has 1 amide bonds. The average molecular weight is 391 g/mol. The normalized spacial score (nSPS) is 11.1. The molecule has 0 unspecified atom stereocenters. The van der Waals surface area contributed by atoms with E-state index in [1.807, 2.05) is 50.2 Å². The van der Waals surface area contributed by atoms with Crippen molar-refractivity contribution in [1.82, 2.24) is 5.32 Å². The van der Waals surface area contributed by atoms with Crippen LogP contribution in [0.2, 0.25) is 0 Å².